The number of nitrogens with one attached hydrogen (secondary N) is 1. The van der Waals surface area contributed by atoms with Crippen molar-refractivity contribution in [3.05, 3.63) is 35.5 Å². The number of hydrogen-bond donors (Lipinski definition) is 1. The summed E-state index contributed by atoms with van der Waals surface area (Å²) in [5.74, 6) is 1.40. The predicted octanol–water partition coefficient (Wildman–Crippen LogP) is 4.21. The van der Waals surface area contributed by atoms with Crippen LogP contribution in [0.2, 0.25) is 0 Å². The van der Waals surface area contributed by atoms with Gasteiger partial charge in [0.25, 0.3) is 5.91 Å². The van der Waals surface area contributed by atoms with Crippen LogP contribution in [0.25, 0.3) is 11.0 Å². The van der Waals surface area contributed by atoms with E-state index in [1.165, 1.54) is 9.12 Å². The van der Waals surface area contributed by atoms with E-state index in [9.17, 15) is 4.79 Å². The quantitative estimate of drug-likeness (QED) is 0.424. The normalized spacial score (nSPS) is 13.9. The summed E-state index contributed by atoms with van der Waals surface area (Å²) < 4.78 is 18.7. The lowest BCUT2D eigenvalue weighted by Crippen LogP contribution is -2.40. The Balaban J connectivity index is 1.66. The van der Waals surface area contributed by atoms with Crippen LogP contribution in [0.5, 0.6) is 11.6 Å². The minimum Gasteiger partial charge on any atom is -0.495 e. The van der Waals surface area contributed by atoms with Crippen molar-refractivity contribution in [1.82, 2.24) is 18.8 Å². The highest BCUT2D eigenvalue weighted by Crippen LogP contribution is 2.35. The molecule has 0 atom stereocenters. The van der Waals surface area contributed by atoms with Crippen LogP contribution in [-0.2, 0) is 4.74 Å². The van der Waals surface area contributed by atoms with E-state index in [1.54, 1.807) is 30.2 Å². The molecule has 1 N–H and O–H groups in total. The van der Waals surface area contributed by atoms with E-state index in [0.29, 0.717) is 61.7 Å². The van der Waals surface area contributed by atoms with Gasteiger partial charge in [0.2, 0.25) is 11.8 Å². The molecule has 9 nitrogen and oxygen atoms in total. The molecule has 0 saturated carbocycles. The number of halogens is 1. The number of morpholine rings is 1. The molecule has 2 aromatic heterocycles. The Hall–Kier alpha value is -2.25. The number of aromatic nitrogens is 3. The second-order valence-electron chi connectivity index (χ2n) is 7.14. The van der Waals surface area contributed by atoms with Crippen LogP contribution in [0.3, 0.4) is 0 Å². The number of nitrogens with zero attached hydrogens (tertiary/aromatic N) is 4. The van der Waals surface area contributed by atoms with Crippen molar-refractivity contribution in [3.8, 4) is 11.6 Å². The fourth-order valence-electron chi connectivity index (χ4n) is 3.58. The van der Waals surface area contributed by atoms with Crippen LogP contribution in [0.1, 0.15) is 22.8 Å². The number of carbonyl (C=O) groups is 1. The van der Waals surface area contributed by atoms with Crippen molar-refractivity contribution < 1.29 is 19.0 Å². The Labute approximate surface area is 202 Å². The first-order valence-electron chi connectivity index (χ1n) is 10.2. The van der Waals surface area contributed by atoms with E-state index in [-0.39, 0.29) is 5.91 Å². The molecule has 0 radical (unpaired) electrons. The van der Waals surface area contributed by atoms with Gasteiger partial charge < -0.3 is 24.4 Å². The summed E-state index contributed by atoms with van der Waals surface area (Å²) in [6, 6.07) is 5.31. The van der Waals surface area contributed by atoms with Crippen LogP contribution in [0, 0.1) is 6.92 Å². The molecule has 1 fully saturated rings. The lowest BCUT2D eigenvalue weighted by Gasteiger charge is -2.27. The summed E-state index contributed by atoms with van der Waals surface area (Å²) in [6.45, 7) is 6.72. The van der Waals surface area contributed by atoms with Gasteiger partial charge in [0.1, 0.15) is 5.75 Å². The van der Waals surface area contributed by atoms with Gasteiger partial charge in [-0.15, -0.1) is 0 Å². The summed E-state index contributed by atoms with van der Waals surface area (Å²) in [5, 5.41) is 4.11. The van der Waals surface area contributed by atoms with Gasteiger partial charge in [-0.2, -0.15) is 9.97 Å². The maximum Gasteiger partial charge on any atom is 0.254 e. The fraction of sp³-hybridized carbons (Fsp3) is 0.381. The molecule has 1 amide bonds. The van der Waals surface area contributed by atoms with Gasteiger partial charge in [-0.3, -0.25) is 8.77 Å². The van der Waals surface area contributed by atoms with E-state index in [2.05, 4.69) is 31.5 Å². The third-order valence-electron chi connectivity index (χ3n) is 5.12. The molecule has 0 unspecified atom stereocenters. The molecule has 1 aliphatic heterocycles. The average molecular weight is 569 g/mol. The molecule has 0 aliphatic carbocycles. The number of ether oxygens (including phenoxy) is 3. The maximum atomic E-state index is 12.8. The lowest BCUT2D eigenvalue weighted by atomic mass is 10.1. The zero-order valence-corrected chi connectivity index (χ0v) is 21.0. The monoisotopic (exact) mass is 569 g/mol. The molecular weight excluding hydrogens is 545 g/mol. The molecule has 3 heterocycles. The van der Waals surface area contributed by atoms with Gasteiger partial charge in [-0.05, 0) is 37.6 Å². The second kappa shape index (κ2) is 10.1. The number of carbonyl (C=O) groups excluding carboxylic acids is 1. The van der Waals surface area contributed by atoms with E-state index in [1.807, 2.05) is 24.0 Å². The van der Waals surface area contributed by atoms with Crippen molar-refractivity contribution in [2.45, 2.75) is 13.8 Å². The Kier molecular flexibility index (Phi) is 7.26. The summed E-state index contributed by atoms with van der Waals surface area (Å²) in [6.07, 6.45) is 2.01. The molecular formula is C21H24IN5O4S. The number of methoxy groups -OCH3 is 1. The maximum absolute atomic E-state index is 12.8. The lowest BCUT2D eigenvalue weighted by molar-refractivity contribution is 0.0302. The molecule has 1 aliphatic rings. The van der Waals surface area contributed by atoms with Gasteiger partial charge in [0, 0.05) is 55.2 Å². The summed E-state index contributed by atoms with van der Waals surface area (Å²) in [7, 11) is 3.09. The molecule has 11 heteroatoms. The number of anilines is 2. The topological polar surface area (TPSA) is 90.7 Å². The molecule has 3 aromatic rings. The Morgan fingerprint density at radius 3 is 2.78 bits per heavy atom. The first-order valence-corrected chi connectivity index (χ1v) is 13.5. The van der Waals surface area contributed by atoms with Gasteiger partial charge in [-0.25, -0.2) is 0 Å². The zero-order valence-electron chi connectivity index (χ0n) is 18.1. The molecule has 0 bridgehead atoms. The van der Waals surface area contributed by atoms with E-state index < -0.39 is 0 Å². The first kappa shape index (κ1) is 22.9. The zero-order chi connectivity index (χ0) is 22.7. The number of rotatable bonds is 7. The van der Waals surface area contributed by atoms with Crippen LogP contribution < -0.4 is 14.8 Å². The highest BCUT2D eigenvalue weighted by molar-refractivity contribution is 14.2. The van der Waals surface area contributed by atoms with Crippen LogP contribution >= 0.6 is 30.3 Å². The fourth-order valence-corrected chi connectivity index (χ4v) is 4.88. The highest BCUT2D eigenvalue weighted by atomic mass is 127. The van der Waals surface area contributed by atoms with Crippen molar-refractivity contribution in [2.24, 2.45) is 0 Å². The smallest absolute Gasteiger partial charge is 0.254 e. The van der Waals surface area contributed by atoms with Crippen molar-refractivity contribution in [2.75, 3.05) is 45.3 Å². The second-order valence-corrected chi connectivity index (χ2v) is 8.85. The Morgan fingerprint density at radius 1 is 1.31 bits per heavy atom. The molecule has 32 heavy (non-hydrogen) atoms. The number of benzene rings is 1. The summed E-state index contributed by atoms with van der Waals surface area (Å²) in [5.41, 5.74) is 3.03. The Bertz CT molecular complexity index is 1130. The van der Waals surface area contributed by atoms with Gasteiger partial charge in [0.15, 0.2) is 5.65 Å². The molecule has 1 saturated heterocycles. The van der Waals surface area contributed by atoms with Crippen molar-refractivity contribution >= 4 is 58.9 Å². The molecule has 170 valence electrons. The standard InChI is InChI=1S/C21H24IN5O4S/c1-4-31-19-17-13(2)12-27(32-22)18(17)24-21(25-19)23-15-6-5-14(11-16(15)29-3)20(28)26-7-9-30-10-8-26/h5-6,11-12H,4,7-10H2,1-3H3,(H,23,24,25). The minimum absolute atomic E-state index is 0.0400. The molecule has 0 spiro atoms. The SMILES string of the molecule is CCOc1nc(Nc2ccc(C(=O)N3CCOCC3)cc2OC)nc2c1c(C)cn2SI. The summed E-state index contributed by atoms with van der Waals surface area (Å²) >= 11 is 2.22. The third-order valence-corrected chi connectivity index (χ3v) is 6.82. The Morgan fingerprint density at radius 2 is 2.09 bits per heavy atom. The van der Waals surface area contributed by atoms with Crippen LogP contribution in [0.4, 0.5) is 11.6 Å². The number of amides is 1. The molecule has 4 rings (SSSR count). The number of hydrogen-bond acceptors (Lipinski definition) is 8. The van der Waals surface area contributed by atoms with Crippen molar-refractivity contribution in [1.29, 1.82) is 0 Å². The van der Waals surface area contributed by atoms with Crippen LogP contribution in [0.15, 0.2) is 24.4 Å². The van der Waals surface area contributed by atoms with Crippen molar-refractivity contribution in [3.63, 3.8) is 0 Å². The van der Waals surface area contributed by atoms with E-state index >= 15 is 0 Å². The average Bonchev–Trinajstić information content (AvgIpc) is 3.15. The van der Waals surface area contributed by atoms with Crippen LogP contribution in [-0.4, -0.2) is 64.8 Å². The highest BCUT2D eigenvalue weighted by Gasteiger charge is 2.21. The summed E-state index contributed by atoms with van der Waals surface area (Å²) in [4.78, 5) is 23.9. The minimum atomic E-state index is -0.0400. The van der Waals surface area contributed by atoms with Gasteiger partial charge in [-0.1, -0.05) is 0 Å². The molecule has 1 aromatic carbocycles. The van der Waals surface area contributed by atoms with E-state index in [0.717, 1.165) is 16.6 Å². The van der Waals surface area contributed by atoms with E-state index in [4.69, 9.17) is 19.2 Å². The van der Waals surface area contributed by atoms with Gasteiger partial charge >= 0.3 is 0 Å². The number of fused-ring (bicyclic) bond motifs is 1. The predicted molar refractivity (Wildman–Crippen MR) is 133 cm³/mol. The number of aryl methyl sites for hydroxylation is 1. The first-order chi connectivity index (χ1) is 15.5. The largest absolute Gasteiger partial charge is 0.495 e. The third kappa shape index (κ3) is 4.59. The van der Waals surface area contributed by atoms with Gasteiger partial charge in [0.05, 0.1) is 38.0 Å².